The number of benzene rings is 3. The molecule has 62 heavy (non-hydrogen) atoms. The molecule has 6 unspecified atom stereocenters. The molecule has 2 heterocycles. The summed E-state index contributed by atoms with van der Waals surface area (Å²) in [5, 5.41) is 36.0. The van der Waals surface area contributed by atoms with E-state index in [1.807, 2.05) is 36.4 Å². The molecule has 4 aliphatic rings. The number of allylic oxidation sites excluding steroid dienone is 1. The van der Waals surface area contributed by atoms with Crippen LogP contribution in [0.3, 0.4) is 0 Å². The highest BCUT2D eigenvalue weighted by molar-refractivity contribution is 6.03. The van der Waals surface area contributed by atoms with Crippen molar-refractivity contribution in [1.29, 1.82) is 0 Å². The highest BCUT2D eigenvalue weighted by atomic mass is 16.7. The Bertz CT molecular complexity index is 2140. The summed E-state index contributed by atoms with van der Waals surface area (Å²) in [6.45, 7) is 8.54. The van der Waals surface area contributed by atoms with Crippen molar-refractivity contribution < 1.29 is 53.2 Å². The van der Waals surface area contributed by atoms with E-state index in [-0.39, 0.29) is 69.6 Å². The van der Waals surface area contributed by atoms with Crippen LogP contribution in [0.2, 0.25) is 0 Å². The molecule has 3 aromatic carbocycles. The number of unbranched alkanes of at least 4 members (excludes halogenated alkanes) is 2. The van der Waals surface area contributed by atoms with Gasteiger partial charge < -0.3 is 43.5 Å². The highest BCUT2D eigenvalue weighted by Gasteiger charge is 2.65. The largest absolute Gasteiger partial charge is 0.490 e. The smallest absolute Gasteiger partial charge is 0.410 e. The molecule has 3 aromatic rings. The van der Waals surface area contributed by atoms with Gasteiger partial charge in [0.25, 0.3) is 5.69 Å². The maximum absolute atomic E-state index is 14.3. The Kier molecular flexibility index (Phi) is 14.5. The van der Waals surface area contributed by atoms with Crippen LogP contribution in [-0.4, -0.2) is 84.0 Å². The molecular formula is C47H55N3O12. The summed E-state index contributed by atoms with van der Waals surface area (Å²) in [6, 6.07) is 16.5. The lowest BCUT2D eigenvalue weighted by Gasteiger charge is -2.59. The Morgan fingerprint density at radius 1 is 0.952 bits per heavy atom. The zero-order valence-corrected chi connectivity index (χ0v) is 35.0. The fraction of sp³-hybridized carbons (Fsp3) is 0.447. The van der Waals surface area contributed by atoms with Gasteiger partial charge in [-0.2, -0.15) is 0 Å². The van der Waals surface area contributed by atoms with Gasteiger partial charge >= 0.3 is 6.09 Å². The molecule has 15 nitrogen and oxygen atoms in total. The van der Waals surface area contributed by atoms with E-state index in [2.05, 4.69) is 19.2 Å². The average molecular weight is 854 g/mol. The number of non-ortho nitro benzene ring substituents is 1. The molecule has 2 aliphatic heterocycles. The predicted molar refractivity (Wildman–Crippen MR) is 229 cm³/mol. The maximum atomic E-state index is 14.3. The molecule has 1 saturated carbocycles. The predicted octanol–water partition coefficient (Wildman–Crippen LogP) is 7.99. The van der Waals surface area contributed by atoms with E-state index in [4.69, 9.17) is 38.4 Å². The van der Waals surface area contributed by atoms with Gasteiger partial charge in [-0.3, -0.25) is 15.0 Å². The van der Waals surface area contributed by atoms with E-state index in [9.17, 15) is 25.1 Å². The standard InChI is InChI=1S/C47H55N3O12/c1-4-22-57-35-17-19-40-38(26-35)44-36(11-7-9-21-52)33(10-6-8-20-51)25-37-39(48-61-29-31-12-15-34(16-13-31)50(54)55)27-43(47(62-40,45(37)44)60-23-5-2)49(46(53)56-3)28-32-14-18-41-42(24-32)59-30-58-41/h4-5,12-19,24-26,33,36,43-45,51-52H,1-2,6-11,20-23,27-30H2,3H3. The Hall–Kier alpha value is -5.90. The number of aliphatic hydroxyl groups excluding tert-OH is 2. The number of methoxy groups -OCH3 is 1. The van der Waals surface area contributed by atoms with Gasteiger partial charge in [-0.15, -0.1) is 6.58 Å². The van der Waals surface area contributed by atoms with Crippen molar-refractivity contribution in [2.45, 2.75) is 75.8 Å². The van der Waals surface area contributed by atoms with E-state index in [1.165, 1.54) is 19.2 Å². The second-order valence-electron chi connectivity index (χ2n) is 15.9. The Labute approximate surface area is 361 Å². The van der Waals surface area contributed by atoms with Crippen molar-refractivity contribution in [1.82, 2.24) is 4.90 Å². The molecule has 0 radical (unpaired) electrons. The monoisotopic (exact) mass is 853 g/mol. The minimum absolute atomic E-state index is 0.000493. The number of aliphatic hydroxyl groups is 2. The number of rotatable bonds is 21. The molecule has 1 fully saturated rings. The summed E-state index contributed by atoms with van der Waals surface area (Å²) in [5.41, 5.74) is 3.73. The number of fused-ring (bicyclic) bond motifs is 3. The van der Waals surface area contributed by atoms with Crippen molar-refractivity contribution in [3.8, 4) is 23.0 Å². The van der Waals surface area contributed by atoms with Gasteiger partial charge in [-0.25, -0.2) is 4.79 Å². The summed E-state index contributed by atoms with van der Waals surface area (Å²) in [7, 11) is 1.34. The molecule has 1 amide bonds. The van der Waals surface area contributed by atoms with Gasteiger partial charge in [0.05, 0.1) is 30.3 Å². The van der Waals surface area contributed by atoms with E-state index in [0.717, 1.165) is 42.4 Å². The van der Waals surface area contributed by atoms with Crippen LogP contribution in [0.4, 0.5) is 10.5 Å². The molecular weight excluding hydrogens is 799 g/mol. The summed E-state index contributed by atoms with van der Waals surface area (Å²) in [6.07, 6.45) is 9.44. The lowest BCUT2D eigenvalue weighted by molar-refractivity contribution is -0.384. The number of carbonyl (C=O) groups is 1. The van der Waals surface area contributed by atoms with Crippen LogP contribution in [0.25, 0.3) is 0 Å². The normalized spacial score (nSPS) is 23.6. The van der Waals surface area contributed by atoms with Crippen molar-refractivity contribution in [2.24, 2.45) is 22.9 Å². The number of amides is 1. The number of nitro groups is 1. The molecule has 0 spiro atoms. The second kappa shape index (κ2) is 20.3. The Morgan fingerprint density at radius 2 is 1.68 bits per heavy atom. The van der Waals surface area contributed by atoms with Crippen LogP contribution in [0.1, 0.15) is 67.6 Å². The quantitative estimate of drug-likeness (QED) is 0.0457. The van der Waals surface area contributed by atoms with Crippen LogP contribution in [0, 0.1) is 27.9 Å². The molecule has 0 aromatic heterocycles. The SMILES string of the molecule is C=CCOc1ccc2c(c1)C1C(CCCCO)C(CCCCO)C=C3C(=NOCc4ccc([N+](=O)[O-])cc4)CC(N(Cc4ccc5c(c4)OCO5)C(=O)OC)C(OCC=C)(O2)C31. The van der Waals surface area contributed by atoms with Crippen LogP contribution in [-0.2, 0) is 27.5 Å². The molecule has 330 valence electrons. The second-order valence-corrected chi connectivity index (χ2v) is 15.9. The van der Waals surface area contributed by atoms with Gasteiger partial charge in [0.2, 0.25) is 12.6 Å². The zero-order chi connectivity index (χ0) is 43.6. The zero-order valence-electron chi connectivity index (χ0n) is 35.0. The number of ether oxygens (including phenoxy) is 6. The van der Waals surface area contributed by atoms with Gasteiger partial charge in [0.15, 0.2) is 11.5 Å². The summed E-state index contributed by atoms with van der Waals surface area (Å²) in [5.74, 6) is 0.0297. The number of oxime groups is 1. The van der Waals surface area contributed by atoms with E-state index >= 15 is 0 Å². The van der Waals surface area contributed by atoms with E-state index in [0.29, 0.717) is 53.7 Å². The first-order valence-electron chi connectivity index (χ1n) is 21.2. The first-order chi connectivity index (χ1) is 30.2. The molecule has 0 bridgehead atoms. The van der Waals surface area contributed by atoms with Crippen LogP contribution < -0.4 is 18.9 Å². The fourth-order valence-electron chi connectivity index (χ4n) is 9.45. The number of nitro benzene ring substituents is 1. The first-order valence-corrected chi connectivity index (χ1v) is 21.2. The number of nitrogens with zero attached hydrogens (tertiary/aromatic N) is 3. The topological polar surface area (TPSA) is 181 Å². The summed E-state index contributed by atoms with van der Waals surface area (Å²) < 4.78 is 37.2. The Morgan fingerprint density at radius 3 is 2.40 bits per heavy atom. The number of hydrogen-bond acceptors (Lipinski definition) is 13. The molecule has 0 saturated heterocycles. The van der Waals surface area contributed by atoms with E-state index < -0.39 is 28.8 Å². The molecule has 7 rings (SSSR count). The van der Waals surface area contributed by atoms with Gasteiger partial charge in [-0.05, 0) is 96.7 Å². The van der Waals surface area contributed by atoms with Crippen molar-refractivity contribution in [3.63, 3.8) is 0 Å². The number of hydrogen-bond donors (Lipinski definition) is 2. The van der Waals surface area contributed by atoms with Gasteiger partial charge in [0, 0.05) is 49.8 Å². The third-order valence-electron chi connectivity index (χ3n) is 12.1. The maximum Gasteiger partial charge on any atom is 0.410 e. The molecule has 2 aliphatic carbocycles. The minimum Gasteiger partial charge on any atom is -0.490 e. The van der Waals surface area contributed by atoms with Crippen LogP contribution >= 0.6 is 0 Å². The highest BCUT2D eigenvalue weighted by Crippen LogP contribution is 2.62. The molecule has 6 atom stereocenters. The van der Waals surface area contributed by atoms with Crippen LogP contribution in [0.15, 0.2) is 103 Å². The average Bonchev–Trinajstić information content (AvgIpc) is 3.76. The summed E-state index contributed by atoms with van der Waals surface area (Å²) in [4.78, 5) is 32.9. The lowest BCUT2D eigenvalue weighted by atomic mass is 9.55. The van der Waals surface area contributed by atoms with Gasteiger partial charge in [-0.1, -0.05) is 48.9 Å². The molecule has 15 heteroatoms. The summed E-state index contributed by atoms with van der Waals surface area (Å²) >= 11 is 0. The van der Waals surface area contributed by atoms with Gasteiger partial charge in [0.1, 0.15) is 30.8 Å². The van der Waals surface area contributed by atoms with Crippen molar-refractivity contribution in [2.75, 3.05) is 40.3 Å². The minimum atomic E-state index is -1.52. The first kappa shape index (κ1) is 44.2. The fourth-order valence-corrected chi connectivity index (χ4v) is 9.45. The number of carbonyl (C=O) groups excluding carboxylic acids is 1. The van der Waals surface area contributed by atoms with E-state index in [1.54, 1.807) is 29.2 Å². The third-order valence-corrected chi connectivity index (χ3v) is 12.1. The Balaban J connectivity index is 1.42. The van der Waals surface area contributed by atoms with Crippen molar-refractivity contribution >= 4 is 17.5 Å². The third kappa shape index (κ3) is 9.30. The molecule has 2 N–H and O–H groups in total. The van der Waals surface area contributed by atoms with Crippen molar-refractivity contribution in [3.05, 3.63) is 124 Å². The lowest BCUT2D eigenvalue weighted by Crippen LogP contribution is -2.70. The van der Waals surface area contributed by atoms with Crippen LogP contribution in [0.5, 0.6) is 23.0 Å².